The second-order valence-electron chi connectivity index (χ2n) is 4.95. The van der Waals surface area contributed by atoms with Crippen molar-refractivity contribution in [2.45, 2.75) is 19.4 Å². The highest BCUT2D eigenvalue weighted by molar-refractivity contribution is 5.83. The molecule has 1 aromatic rings. The fourth-order valence-corrected chi connectivity index (χ4v) is 2.09. The zero-order valence-corrected chi connectivity index (χ0v) is 12.0. The molecule has 0 aromatic carbocycles. The largest absolute Gasteiger partial charge is 0.467 e. The summed E-state index contributed by atoms with van der Waals surface area (Å²) in [6.45, 7) is 6.51. The molecule has 2 rings (SSSR count). The van der Waals surface area contributed by atoms with Gasteiger partial charge in [-0.25, -0.2) is 0 Å². The molecule has 0 bridgehead atoms. The Bertz CT molecular complexity index is 490. The summed E-state index contributed by atoms with van der Waals surface area (Å²) in [5.74, 6) is 0.534. The predicted octanol–water partition coefficient (Wildman–Crippen LogP) is 1.09. The van der Waals surface area contributed by atoms with E-state index in [1.165, 1.54) is 0 Å². The van der Waals surface area contributed by atoms with E-state index in [1.807, 2.05) is 0 Å². The van der Waals surface area contributed by atoms with Gasteiger partial charge in [-0.2, -0.15) is 0 Å². The maximum absolute atomic E-state index is 12.0. The third-order valence-corrected chi connectivity index (χ3v) is 3.22. The third kappa shape index (κ3) is 5.07. The van der Waals surface area contributed by atoms with Crippen molar-refractivity contribution in [2.24, 2.45) is 0 Å². The van der Waals surface area contributed by atoms with Crippen molar-refractivity contribution in [1.82, 2.24) is 10.2 Å². The number of rotatable bonds is 6. The van der Waals surface area contributed by atoms with E-state index in [0.717, 1.165) is 0 Å². The normalized spacial score (nSPS) is 14.8. The van der Waals surface area contributed by atoms with Gasteiger partial charge in [0.25, 0.3) is 0 Å². The summed E-state index contributed by atoms with van der Waals surface area (Å²) in [6.07, 6.45) is 1.91. The quantitative estimate of drug-likeness (QED) is 0.797. The average molecular weight is 292 g/mol. The van der Waals surface area contributed by atoms with Crippen molar-refractivity contribution in [2.75, 3.05) is 26.3 Å². The molecule has 0 unspecified atom stereocenters. The Morgan fingerprint density at radius 1 is 1.29 bits per heavy atom. The molecule has 0 spiro atoms. The lowest BCUT2D eigenvalue weighted by atomic mass is 10.1. The summed E-state index contributed by atoms with van der Waals surface area (Å²) in [6, 6.07) is 3.55. The van der Waals surface area contributed by atoms with E-state index in [0.29, 0.717) is 44.2 Å². The molecule has 2 heterocycles. The zero-order chi connectivity index (χ0) is 15.1. The Hall–Kier alpha value is -2.08. The highest BCUT2D eigenvalue weighted by atomic mass is 16.5. The fourth-order valence-electron chi connectivity index (χ4n) is 2.09. The first-order valence-electron chi connectivity index (χ1n) is 6.96. The summed E-state index contributed by atoms with van der Waals surface area (Å²) in [5, 5.41) is 2.73. The molecule has 21 heavy (non-hydrogen) atoms. The molecule has 6 heteroatoms. The van der Waals surface area contributed by atoms with Crippen LogP contribution in [0, 0.1) is 0 Å². The number of furan rings is 1. The molecule has 114 valence electrons. The monoisotopic (exact) mass is 292 g/mol. The van der Waals surface area contributed by atoms with E-state index in [4.69, 9.17) is 9.15 Å². The molecule has 0 atom stereocenters. The lowest BCUT2D eigenvalue weighted by Crippen LogP contribution is -2.40. The minimum absolute atomic E-state index is 0.00198. The fraction of sp³-hybridized carbons (Fsp3) is 0.467. The van der Waals surface area contributed by atoms with Gasteiger partial charge >= 0.3 is 0 Å². The van der Waals surface area contributed by atoms with Crippen LogP contribution in [0.5, 0.6) is 0 Å². The predicted molar refractivity (Wildman–Crippen MR) is 76.3 cm³/mol. The van der Waals surface area contributed by atoms with E-state index in [9.17, 15) is 9.59 Å². The summed E-state index contributed by atoms with van der Waals surface area (Å²) in [5.41, 5.74) is 0.614. The van der Waals surface area contributed by atoms with Gasteiger partial charge in [0.05, 0.1) is 26.0 Å². The molecule has 1 fully saturated rings. The molecule has 1 N–H and O–H groups in total. The number of ether oxygens (including phenoxy) is 1. The van der Waals surface area contributed by atoms with Crippen molar-refractivity contribution < 1.29 is 18.7 Å². The molecule has 6 nitrogen and oxygen atoms in total. The summed E-state index contributed by atoms with van der Waals surface area (Å²) < 4.78 is 10.3. The average Bonchev–Trinajstić information content (AvgIpc) is 2.99. The maximum Gasteiger partial charge on any atom is 0.226 e. The number of nitrogens with one attached hydrogen (secondary N) is 1. The highest BCUT2D eigenvalue weighted by Crippen LogP contribution is 2.09. The lowest BCUT2D eigenvalue weighted by molar-refractivity contribution is -0.134. The molecular formula is C15H20N2O4. The van der Waals surface area contributed by atoms with Crippen LogP contribution in [0.2, 0.25) is 0 Å². The van der Waals surface area contributed by atoms with E-state index in [2.05, 4.69) is 11.9 Å². The van der Waals surface area contributed by atoms with Gasteiger partial charge in [-0.3, -0.25) is 9.59 Å². The van der Waals surface area contributed by atoms with Crippen LogP contribution in [0.15, 0.2) is 35.0 Å². The van der Waals surface area contributed by atoms with Gasteiger partial charge in [-0.15, -0.1) is 0 Å². The summed E-state index contributed by atoms with van der Waals surface area (Å²) in [4.78, 5) is 25.5. The van der Waals surface area contributed by atoms with E-state index in [-0.39, 0.29) is 24.7 Å². The van der Waals surface area contributed by atoms with Crippen LogP contribution < -0.4 is 5.32 Å². The maximum atomic E-state index is 12.0. The minimum Gasteiger partial charge on any atom is -0.467 e. The van der Waals surface area contributed by atoms with Crippen LogP contribution >= 0.6 is 0 Å². The van der Waals surface area contributed by atoms with Crippen molar-refractivity contribution in [3.8, 4) is 0 Å². The molecule has 2 amide bonds. The van der Waals surface area contributed by atoms with Gasteiger partial charge in [0.1, 0.15) is 5.76 Å². The number of carbonyl (C=O) groups excluding carboxylic acids is 2. The second-order valence-corrected chi connectivity index (χ2v) is 4.95. The Morgan fingerprint density at radius 2 is 2.05 bits per heavy atom. The van der Waals surface area contributed by atoms with Crippen LogP contribution in [-0.4, -0.2) is 43.0 Å². The Kier molecular flexibility index (Phi) is 5.57. The first-order valence-corrected chi connectivity index (χ1v) is 6.96. The van der Waals surface area contributed by atoms with Gasteiger partial charge in [-0.1, -0.05) is 12.2 Å². The molecule has 1 saturated heterocycles. The SMILES string of the molecule is C=C(CC(=O)NCc1ccco1)CC(=O)N1CCOCC1. The van der Waals surface area contributed by atoms with Crippen LogP contribution in [0.3, 0.4) is 0 Å². The first-order chi connectivity index (χ1) is 10.1. The van der Waals surface area contributed by atoms with Crippen molar-refractivity contribution in [1.29, 1.82) is 0 Å². The van der Waals surface area contributed by atoms with Crippen LogP contribution in [0.4, 0.5) is 0 Å². The van der Waals surface area contributed by atoms with E-state index < -0.39 is 0 Å². The molecular weight excluding hydrogens is 272 g/mol. The summed E-state index contributed by atoms with van der Waals surface area (Å²) >= 11 is 0. The van der Waals surface area contributed by atoms with E-state index >= 15 is 0 Å². The molecule has 0 saturated carbocycles. The minimum atomic E-state index is -0.161. The number of morpholine rings is 1. The number of amides is 2. The molecule has 1 aliphatic heterocycles. The van der Waals surface area contributed by atoms with Crippen LogP contribution in [0.1, 0.15) is 18.6 Å². The first kappa shape index (κ1) is 15.3. The van der Waals surface area contributed by atoms with Gasteiger partial charge in [0.15, 0.2) is 0 Å². The van der Waals surface area contributed by atoms with Gasteiger partial charge in [0.2, 0.25) is 11.8 Å². The van der Waals surface area contributed by atoms with Crippen LogP contribution in [-0.2, 0) is 20.9 Å². The van der Waals surface area contributed by atoms with Crippen molar-refractivity contribution in [3.05, 3.63) is 36.3 Å². The smallest absolute Gasteiger partial charge is 0.226 e. The molecule has 1 aromatic heterocycles. The molecule has 0 aliphatic carbocycles. The lowest BCUT2D eigenvalue weighted by Gasteiger charge is -2.27. The van der Waals surface area contributed by atoms with Gasteiger partial charge in [-0.05, 0) is 12.1 Å². The Labute approximate surface area is 123 Å². The third-order valence-electron chi connectivity index (χ3n) is 3.22. The zero-order valence-electron chi connectivity index (χ0n) is 12.0. The highest BCUT2D eigenvalue weighted by Gasteiger charge is 2.18. The number of hydrogen-bond donors (Lipinski definition) is 1. The molecule has 1 aliphatic rings. The second kappa shape index (κ2) is 7.64. The van der Waals surface area contributed by atoms with Gasteiger partial charge in [0, 0.05) is 25.9 Å². The summed E-state index contributed by atoms with van der Waals surface area (Å²) in [7, 11) is 0. The van der Waals surface area contributed by atoms with Gasteiger partial charge < -0.3 is 19.4 Å². The van der Waals surface area contributed by atoms with Crippen LogP contribution in [0.25, 0.3) is 0 Å². The topological polar surface area (TPSA) is 71.8 Å². The Morgan fingerprint density at radius 3 is 2.71 bits per heavy atom. The Balaban J connectivity index is 1.68. The number of carbonyl (C=O) groups is 2. The van der Waals surface area contributed by atoms with Crippen molar-refractivity contribution >= 4 is 11.8 Å². The van der Waals surface area contributed by atoms with E-state index in [1.54, 1.807) is 23.3 Å². The number of hydrogen-bond acceptors (Lipinski definition) is 4. The number of nitrogens with zero attached hydrogens (tertiary/aromatic N) is 1. The standard InChI is InChI=1S/C15H20N2O4/c1-12(10-15(19)17-4-7-20-8-5-17)9-14(18)16-11-13-3-2-6-21-13/h2-3,6H,1,4-5,7-11H2,(H,16,18). The molecule has 0 radical (unpaired) electrons. The van der Waals surface area contributed by atoms with Crippen molar-refractivity contribution in [3.63, 3.8) is 0 Å².